The number of anilines is 1. The van der Waals surface area contributed by atoms with Crippen LogP contribution < -0.4 is 5.32 Å². The monoisotopic (exact) mass is 309 g/mol. The lowest BCUT2D eigenvalue weighted by atomic mass is 10.1. The topological polar surface area (TPSA) is 21.3 Å². The molecule has 2 nitrogen and oxygen atoms in total. The van der Waals surface area contributed by atoms with Crippen molar-refractivity contribution in [3.63, 3.8) is 0 Å². The molecular formula is C16H17Cl2NO. The largest absolute Gasteiger partial charge is 0.380 e. The molecule has 2 aromatic rings. The molecule has 0 heterocycles. The molecule has 1 unspecified atom stereocenters. The van der Waals surface area contributed by atoms with Crippen molar-refractivity contribution < 1.29 is 4.74 Å². The Hall–Kier alpha value is -1.22. The standard InChI is InChI=1S/C16H17Cl2NO/c1-11(14-7-4-8-15(17)16(14)18)19-13-6-3-5-12(9-13)10-20-2/h3-9,11,19H,10H2,1-2H3. The van der Waals surface area contributed by atoms with E-state index in [4.69, 9.17) is 27.9 Å². The molecule has 1 N–H and O–H groups in total. The van der Waals surface area contributed by atoms with Crippen LogP contribution in [0.3, 0.4) is 0 Å². The van der Waals surface area contributed by atoms with E-state index in [0.29, 0.717) is 16.7 Å². The Morgan fingerprint density at radius 1 is 1.15 bits per heavy atom. The third-order valence-corrected chi connectivity index (χ3v) is 3.90. The van der Waals surface area contributed by atoms with Crippen LogP contribution in [0, 0.1) is 0 Å². The molecule has 0 amide bonds. The van der Waals surface area contributed by atoms with Gasteiger partial charge < -0.3 is 10.1 Å². The molecule has 0 radical (unpaired) electrons. The van der Waals surface area contributed by atoms with E-state index >= 15 is 0 Å². The Kier molecular flexibility index (Phi) is 5.30. The molecule has 2 rings (SSSR count). The molecule has 0 saturated heterocycles. The van der Waals surface area contributed by atoms with E-state index in [-0.39, 0.29) is 6.04 Å². The molecule has 0 aliphatic carbocycles. The summed E-state index contributed by atoms with van der Waals surface area (Å²) in [4.78, 5) is 0. The number of rotatable bonds is 5. The van der Waals surface area contributed by atoms with Crippen LogP contribution in [0.1, 0.15) is 24.1 Å². The van der Waals surface area contributed by atoms with Crippen LogP contribution in [0.25, 0.3) is 0 Å². The number of benzene rings is 2. The minimum absolute atomic E-state index is 0.0685. The molecule has 0 aliphatic rings. The van der Waals surface area contributed by atoms with Crippen molar-refractivity contribution in [1.29, 1.82) is 0 Å². The highest BCUT2D eigenvalue weighted by molar-refractivity contribution is 6.42. The van der Waals surface area contributed by atoms with E-state index in [9.17, 15) is 0 Å². The predicted molar refractivity (Wildman–Crippen MR) is 85.7 cm³/mol. The van der Waals surface area contributed by atoms with Gasteiger partial charge in [-0.3, -0.25) is 0 Å². The molecule has 4 heteroatoms. The molecule has 0 bridgehead atoms. The summed E-state index contributed by atoms with van der Waals surface area (Å²) in [6.07, 6.45) is 0. The molecule has 106 valence electrons. The minimum atomic E-state index is 0.0685. The van der Waals surface area contributed by atoms with Crippen LogP contribution in [-0.2, 0) is 11.3 Å². The Morgan fingerprint density at radius 3 is 2.65 bits per heavy atom. The lowest BCUT2D eigenvalue weighted by Crippen LogP contribution is -2.07. The van der Waals surface area contributed by atoms with E-state index < -0.39 is 0 Å². The van der Waals surface area contributed by atoms with Gasteiger partial charge in [0.05, 0.1) is 22.7 Å². The fraction of sp³-hybridized carbons (Fsp3) is 0.250. The number of hydrogen-bond acceptors (Lipinski definition) is 2. The third-order valence-electron chi connectivity index (χ3n) is 3.07. The van der Waals surface area contributed by atoms with Crippen molar-refractivity contribution in [3.05, 3.63) is 63.6 Å². The molecule has 0 saturated carbocycles. The lowest BCUT2D eigenvalue weighted by Gasteiger charge is -2.18. The van der Waals surface area contributed by atoms with E-state index in [1.54, 1.807) is 13.2 Å². The first-order chi connectivity index (χ1) is 9.61. The fourth-order valence-corrected chi connectivity index (χ4v) is 2.57. The van der Waals surface area contributed by atoms with Crippen molar-refractivity contribution >= 4 is 28.9 Å². The number of nitrogens with one attached hydrogen (secondary N) is 1. The quantitative estimate of drug-likeness (QED) is 0.807. The van der Waals surface area contributed by atoms with Gasteiger partial charge in [0.15, 0.2) is 0 Å². The average Bonchev–Trinajstić information content (AvgIpc) is 2.42. The zero-order chi connectivity index (χ0) is 14.5. The highest BCUT2D eigenvalue weighted by Gasteiger charge is 2.11. The summed E-state index contributed by atoms with van der Waals surface area (Å²) in [7, 11) is 1.69. The van der Waals surface area contributed by atoms with Gasteiger partial charge in [-0.25, -0.2) is 0 Å². The van der Waals surface area contributed by atoms with Gasteiger partial charge in [-0.15, -0.1) is 0 Å². The van der Waals surface area contributed by atoms with Crippen LogP contribution in [0.2, 0.25) is 10.0 Å². The van der Waals surface area contributed by atoms with Gasteiger partial charge in [-0.1, -0.05) is 47.5 Å². The summed E-state index contributed by atoms with van der Waals surface area (Å²) in [5.74, 6) is 0. The maximum absolute atomic E-state index is 6.24. The Morgan fingerprint density at radius 2 is 1.90 bits per heavy atom. The normalized spacial score (nSPS) is 12.2. The second-order valence-corrected chi connectivity index (χ2v) is 5.43. The SMILES string of the molecule is COCc1cccc(NC(C)c2cccc(Cl)c2Cl)c1. The lowest BCUT2D eigenvalue weighted by molar-refractivity contribution is 0.185. The van der Waals surface area contributed by atoms with Crippen molar-refractivity contribution in [3.8, 4) is 0 Å². The predicted octanol–water partition coefficient (Wildman–Crippen LogP) is 5.31. The van der Waals surface area contributed by atoms with E-state index in [2.05, 4.69) is 18.3 Å². The Bertz CT molecular complexity index is 586. The van der Waals surface area contributed by atoms with Crippen molar-refractivity contribution in [2.75, 3.05) is 12.4 Å². The first-order valence-corrected chi connectivity index (χ1v) is 7.15. The molecule has 2 aromatic carbocycles. The van der Waals surface area contributed by atoms with Crippen LogP contribution in [-0.4, -0.2) is 7.11 Å². The molecule has 0 fully saturated rings. The van der Waals surface area contributed by atoms with Gasteiger partial charge in [0.1, 0.15) is 0 Å². The first-order valence-electron chi connectivity index (χ1n) is 6.40. The highest BCUT2D eigenvalue weighted by atomic mass is 35.5. The smallest absolute Gasteiger partial charge is 0.0713 e. The zero-order valence-electron chi connectivity index (χ0n) is 11.5. The van der Waals surface area contributed by atoms with Crippen LogP contribution in [0.5, 0.6) is 0 Å². The highest BCUT2D eigenvalue weighted by Crippen LogP contribution is 2.31. The maximum Gasteiger partial charge on any atom is 0.0713 e. The van der Waals surface area contributed by atoms with E-state index in [0.717, 1.165) is 16.8 Å². The van der Waals surface area contributed by atoms with Gasteiger partial charge in [0.25, 0.3) is 0 Å². The van der Waals surface area contributed by atoms with Gasteiger partial charge in [-0.05, 0) is 36.2 Å². The van der Waals surface area contributed by atoms with Gasteiger partial charge in [-0.2, -0.15) is 0 Å². The summed E-state index contributed by atoms with van der Waals surface area (Å²) >= 11 is 12.3. The number of hydrogen-bond donors (Lipinski definition) is 1. The van der Waals surface area contributed by atoms with E-state index in [1.807, 2.05) is 30.3 Å². The summed E-state index contributed by atoms with van der Waals surface area (Å²) in [5.41, 5.74) is 3.14. The van der Waals surface area contributed by atoms with Crippen LogP contribution >= 0.6 is 23.2 Å². The summed E-state index contributed by atoms with van der Waals surface area (Å²) < 4.78 is 5.14. The van der Waals surface area contributed by atoms with Gasteiger partial charge in [0.2, 0.25) is 0 Å². The van der Waals surface area contributed by atoms with Crippen molar-refractivity contribution in [2.45, 2.75) is 19.6 Å². The van der Waals surface area contributed by atoms with Crippen molar-refractivity contribution in [2.24, 2.45) is 0 Å². The van der Waals surface area contributed by atoms with Crippen molar-refractivity contribution in [1.82, 2.24) is 0 Å². The van der Waals surface area contributed by atoms with Crippen LogP contribution in [0.4, 0.5) is 5.69 Å². The molecule has 0 aromatic heterocycles. The first kappa shape index (κ1) is 15.2. The number of halogens is 2. The average molecular weight is 310 g/mol. The van der Waals surface area contributed by atoms with Crippen LogP contribution in [0.15, 0.2) is 42.5 Å². The number of ether oxygens (including phenoxy) is 1. The Balaban J connectivity index is 2.17. The maximum atomic E-state index is 6.24. The molecule has 1 atom stereocenters. The molecule has 0 spiro atoms. The minimum Gasteiger partial charge on any atom is -0.380 e. The van der Waals surface area contributed by atoms with Gasteiger partial charge in [0, 0.05) is 12.8 Å². The Labute approximate surface area is 129 Å². The molecule has 20 heavy (non-hydrogen) atoms. The fourth-order valence-electron chi connectivity index (χ4n) is 2.10. The van der Waals surface area contributed by atoms with E-state index in [1.165, 1.54) is 0 Å². The number of methoxy groups -OCH3 is 1. The summed E-state index contributed by atoms with van der Waals surface area (Å²) in [6.45, 7) is 2.66. The third kappa shape index (κ3) is 3.66. The second-order valence-electron chi connectivity index (χ2n) is 4.64. The summed E-state index contributed by atoms with van der Waals surface area (Å²) in [5, 5.41) is 4.60. The second kappa shape index (κ2) is 6.98. The molecular weight excluding hydrogens is 293 g/mol. The molecule has 0 aliphatic heterocycles. The zero-order valence-corrected chi connectivity index (χ0v) is 13.0. The summed E-state index contributed by atoms with van der Waals surface area (Å²) in [6, 6.07) is 13.9. The van der Waals surface area contributed by atoms with Gasteiger partial charge >= 0.3 is 0 Å².